The highest BCUT2D eigenvalue weighted by molar-refractivity contribution is 6.09. The molecule has 24 heavy (non-hydrogen) atoms. The molecule has 2 aromatic rings. The van der Waals surface area contributed by atoms with Crippen molar-refractivity contribution >= 4 is 17.4 Å². The predicted molar refractivity (Wildman–Crippen MR) is 92.2 cm³/mol. The molecule has 0 spiro atoms. The largest absolute Gasteiger partial charge is 0.462 e. The van der Waals surface area contributed by atoms with Gasteiger partial charge in [0.05, 0.1) is 6.54 Å². The molecule has 0 heterocycles. The maximum Gasteiger partial charge on any atom is 0.334 e. The van der Waals surface area contributed by atoms with Gasteiger partial charge in [-0.2, -0.15) is 0 Å². The molecule has 1 N–H and O–H groups in total. The molecule has 2 aromatic carbocycles. The average Bonchev–Trinajstić information content (AvgIpc) is 2.61. The number of esters is 1. The van der Waals surface area contributed by atoms with Gasteiger partial charge in [-0.15, -0.1) is 0 Å². The summed E-state index contributed by atoms with van der Waals surface area (Å²) in [6.45, 7) is 2.05. The van der Waals surface area contributed by atoms with E-state index >= 15 is 0 Å². The molecular formula is C19H21NO4. The van der Waals surface area contributed by atoms with E-state index in [1.165, 1.54) is 6.92 Å². The Bertz CT molecular complexity index is 680. The summed E-state index contributed by atoms with van der Waals surface area (Å²) in [6.07, 6.45) is -1.11. The normalized spacial score (nSPS) is 11.6. The molecule has 0 saturated heterocycles. The number of nitrogens with zero attached hydrogens (tertiary/aromatic N) is 1. The van der Waals surface area contributed by atoms with Crippen LogP contribution in [-0.4, -0.2) is 43.2 Å². The number of aliphatic hydroxyl groups is 1. The van der Waals surface area contributed by atoms with Crippen molar-refractivity contribution < 1.29 is 19.4 Å². The van der Waals surface area contributed by atoms with Crippen LogP contribution in [-0.2, 0) is 9.53 Å². The van der Waals surface area contributed by atoms with Crippen molar-refractivity contribution in [3.8, 4) is 0 Å². The second-order valence-electron chi connectivity index (χ2n) is 5.51. The fraction of sp³-hybridized carbons (Fsp3) is 0.263. The summed E-state index contributed by atoms with van der Waals surface area (Å²) >= 11 is 0. The highest BCUT2D eigenvalue weighted by Gasteiger charge is 2.11. The minimum absolute atomic E-state index is 0.0179. The van der Waals surface area contributed by atoms with Crippen molar-refractivity contribution in [1.82, 2.24) is 0 Å². The molecule has 0 bridgehead atoms. The molecule has 1 atom stereocenters. The minimum atomic E-state index is -1.11. The van der Waals surface area contributed by atoms with Gasteiger partial charge in [0.1, 0.15) is 12.7 Å². The van der Waals surface area contributed by atoms with Gasteiger partial charge in [0.15, 0.2) is 5.78 Å². The van der Waals surface area contributed by atoms with Crippen LogP contribution in [0.3, 0.4) is 0 Å². The Morgan fingerprint density at radius 2 is 1.62 bits per heavy atom. The number of rotatable bonds is 7. The summed E-state index contributed by atoms with van der Waals surface area (Å²) in [6, 6.07) is 16.4. The van der Waals surface area contributed by atoms with Crippen molar-refractivity contribution in [2.75, 3.05) is 25.1 Å². The van der Waals surface area contributed by atoms with E-state index in [1.807, 2.05) is 42.3 Å². The number of aliphatic hydroxyl groups excluding tert-OH is 1. The molecule has 0 aliphatic heterocycles. The van der Waals surface area contributed by atoms with E-state index in [9.17, 15) is 9.59 Å². The van der Waals surface area contributed by atoms with Crippen LogP contribution in [0.4, 0.5) is 5.69 Å². The van der Waals surface area contributed by atoms with Gasteiger partial charge >= 0.3 is 5.97 Å². The lowest BCUT2D eigenvalue weighted by Gasteiger charge is -2.19. The number of carbonyl (C=O) groups is 2. The Kier molecular flexibility index (Phi) is 6.09. The third kappa shape index (κ3) is 4.67. The molecule has 5 heteroatoms. The first-order valence-corrected chi connectivity index (χ1v) is 7.74. The van der Waals surface area contributed by atoms with Crippen LogP contribution in [0.5, 0.6) is 0 Å². The van der Waals surface area contributed by atoms with Crippen molar-refractivity contribution in [1.29, 1.82) is 0 Å². The summed E-state index contributed by atoms with van der Waals surface area (Å²) in [5, 5.41) is 9.06. The van der Waals surface area contributed by atoms with E-state index in [0.717, 1.165) is 5.69 Å². The first kappa shape index (κ1) is 17.7. The van der Waals surface area contributed by atoms with Crippen LogP contribution < -0.4 is 4.90 Å². The summed E-state index contributed by atoms with van der Waals surface area (Å²) < 4.78 is 4.93. The van der Waals surface area contributed by atoms with Crippen LogP contribution in [0.15, 0.2) is 54.6 Å². The lowest BCUT2D eigenvalue weighted by atomic mass is 10.0. The standard InChI is InChI=1S/C19H21NO4/c1-14(21)19(23)24-13-12-20(2)17-10-8-16(9-11-17)18(22)15-6-4-3-5-7-15/h3-11,14,21H,12-13H2,1-2H3. The lowest BCUT2D eigenvalue weighted by molar-refractivity contribution is -0.152. The molecule has 0 radical (unpaired) electrons. The number of anilines is 1. The van der Waals surface area contributed by atoms with Crippen LogP contribution in [0.25, 0.3) is 0 Å². The van der Waals surface area contributed by atoms with Crippen LogP contribution in [0.1, 0.15) is 22.8 Å². The molecule has 1 unspecified atom stereocenters. The maximum absolute atomic E-state index is 12.3. The number of likely N-dealkylation sites (N-methyl/N-ethyl adjacent to an activating group) is 1. The number of benzene rings is 2. The van der Waals surface area contributed by atoms with Crippen molar-refractivity contribution in [2.24, 2.45) is 0 Å². The highest BCUT2D eigenvalue weighted by atomic mass is 16.5. The summed E-state index contributed by atoms with van der Waals surface area (Å²) in [5.41, 5.74) is 2.19. The molecule has 0 amide bonds. The maximum atomic E-state index is 12.3. The van der Waals surface area contributed by atoms with Crippen molar-refractivity contribution in [3.63, 3.8) is 0 Å². The first-order valence-electron chi connectivity index (χ1n) is 7.74. The molecule has 126 valence electrons. The molecule has 0 aliphatic carbocycles. The second-order valence-corrected chi connectivity index (χ2v) is 5.51. The van der Waals surface area contributed by atoms with Gasteiger partial charge in [-0.1, -0.05) is 30.3 Å². The Morgan fingerprint density at radius 1 is 1.04 bits per heavy atom. The molecule has 2 rings (SSSR count). The Labute approximate surface area is 141 Å². The van der Waals surface area contributed by atoms with Gasteiger partial charge in [0, 0.05) is 23.9 Å². The van der Waals surface area contributed by atoms with E-state index < -0.39 is 12.1 Å². The summed E-state index contributed by atoms with van der Waals surface area (Å²) in [4.78, 5) is 25.4. The molecule has 0 fully saturated rings. The van der Waals surface area contributed by atoms with E-state index in [4.69, 9.17) is 9.84 Å². The van der Waals surface area contributed by atoms with Gasteiger partial charge < -0.3 is 14.7 Å². The van der Waals surface area contributed by atoms with E-state index in [-0.39, 0.29) is 12.4 Å². The van der Waals surface area contributed by atoms with E-state index in [0.29, 0.717) is 17.7 Å². The Balaban J connectivity index is 1.94. The van der Waals surface area contributed by atoms with Gasteiger partial charge in [0.25, 0.3) is 0 Å². The van der Waals surface area contributed by atoms with Gasteiger partial charge in [-0.05, 0) is 31.2 Å². The van der Waals surface area contributed by atoms with E-state index in [2.05, 4.69) is 0 Å². The number of ether oxygens (including phenoxy) is 1. The van der Waals surface area contributed by atoms with E-state index in [1.54, 1.807) is 24.3 Å². The predicted octanol–water partition coefficient (Wildman–Crippen LogP) is 2.28. The molecule has 0 saturated carbocycles. The summed E-state index contributed by atoms with van der Waals surface area (Å²) in [5.74, 6) is -0.650. The zero-order valence-electron chi connectivity index (χ0n) is 13.8. The number of carbonyl (C=O) groups excluding carboxylic acids is 2. The van der Waals surface area contributed by atoms with Gasteiger partial charge in [-0.3, -0.25) is 4.79 Å². The SMILES string of the molecule is CC(O)C(=O)OCCN(C)c1ccc(C(=O)c2ccccc2)cc1. The zero-order chi connectivity index (χ0) is 17.5. The smallest absolute Gasteiger partial charge is 0.334 e. The van der Waals surface area contributed by atoms with Crippen LogP contribution in [0.2, 0.25) is 0 Å². The first-order chi connectivity index (χ1) is 11.5. The number of ketones is 1. The highest BCUT2D eigenvalue weighted by Crippen LogP contribution is 2.16. The third-order valence-corrected chi connectivity index (χ3v) is 3.62. The Hall–Kier alpha value is -2.66. The molecule has 0 aromatic heterocycles. The zero-order valence-corrected chi connectivity index (χ0v) is 13.8. The monoisotopic (exact) mass is 327 g/mol. The topological polar surface area (TPSA) is 66.8 Å². The Morgan fingerprint density at radius 3 is 2.21 bits per heavy atom. The number of hydrogen-bond acceptors (Lipinski definition) is 5. The second kappa shape index (κ2) is 8.26. The number of hydrogen-bond donors (Lipinski definition) is 1. The van der Waals surface area contributed by atoms with Crippen molar-refractivity contribution in [3.05, 3.63) is 65.7 Å². The van der Waals surface area contributed by atoms with Crippen LogP contribution in [0, 0.1) is 0 Å². The lowest BCUT2D eigenvalue weighted by Crippen LogP contribution is -2.27. The van der Waals surface area contributed by atoms with Gasteiger partial charge in [-0.25, -0.2) is 4.79 Å². The third-order valence-electron chi connectivity index (χ3n) is 3.62. The summed E-state index contributed by atoms with van der Waals surface area (Å²) in [7, 11) is 1.87. The quantitative estimate of drug-likeness (QED) is 0.624. The van der Waals surface area contributed by atoms with Crippen molar-refractivity contribution in [2.45, 2.75) is 13.0 Å². The fourth-order valence-corrected chi connectivity index (χ4v) is 2.16. The molecule has 5 nitrogen and oxygen atoms in total. The van der Waals surface area contributed by atoms with Crippen LogP contribution >= 0.6 is 0 Å². The van der Waals surface area contributed by atoms with Gasteiger partial charge in [0.2, 0.25) is 0 Å². The average molecular weight is 327 g/mol. The molecule has 0 aliphatic rings. The fourth-order valence-electron chi connectivity index (χ4n) is 2.16. The molecular weight excluding hydrogens is 306 g/mol. The minimum Gasteiger partial charge on any atom is -0.462 e.